The summed E-state index contributed by atoms with van der Waals surface area (Å²) in [6.07, 6.45) is 0. The molecule has 7 heteroatoms. The molecule has 6 nitrogen and oxygen atoms in total. The fourth-order valence-corrected chi connectivity index (χ4v) is 2.38. The Morgan fingerprint density at radius 1 is 1.15 bits per heavy atom. The average molecular weight is 352 g/mol. The number of carbonyl (C=O) groups is 1. The highest BCUT2D eigenvalue weighted by Gasteiger charge is 2.13. The normalized spacial score (nSPS) is 10.4. The number of nitrogens with two attached hydrogens (primary N) is 1. The molecule has 26 heavy (non-hydrogen) atoms. The van der Waals surface area contributed by atoms with Crippen LogP contribution in [0.2, 0.25) is 0 Å². The van der Waals surface area contributed by atoms with Crippen molar-refractivity contribution in [2.45, 2.75) is 6.92 Å². The number of esters is 1. The van der Waals surface area contributed by atoms with E-state index in [1.807, 2.05) is 0 Å². The number of anilines is 3. The minimum Gasteiger partial charge on any atom is -0.462 e. The van der Waals surface area contributed by atoms with E-state index in [0.717, 1.165) is 0 Å². The van der Waals surface area contributed by atoms with E-state index in [1.165, 1.54) is 12.1 Å². The zero-order chi connectivity index (χ0) is 18.5. The van der Waals surface area contributed by atoms with Crippen LogP contribution in [0.15, 0.2) is 54.6 Å². The van der Waals surface area contributed by atoms with Crippen molar-refractivity contribution in [1.29, 1.82) is 0 Å². The van der Waals surface area contributed by atoms with Crippen molar-refractivity contribution in [3.63, 3.8) is 0 Å². The predicted molar refractivity (Wildman–Crippen MR) is 97.5 cm³/mol. The minimum absolute atomic E-state index is 0.246. The molecule has 0 amide bonds. The smallest absolute Gasteiger partial charge is 0.340 e. The molecule has 3 N–H and O–H groups in total. The SMILES string of the molecule is CCOC(=O)c1ccccc1Nc1cc(N)nc(-c2ccc(F)cc2)n1. The lowest BCUT2D eigenvalue weighted by molar-refractivity contribution is 0.0527. The number of hydrogen-bond donors (Lipinski definition) is 2. The number of rotatable bonds is 5. The molecule has 1 heterocycles. The first-order chi connectivity index (χ1) is 12.6. The van der Waals surface area contributed by atoms with Gasteiger partial charge in [0.2, 0.25) is 0 Å². The van der Waals surface area contributed by atoms with Gasteiger partial charge in [0.25, 0.3) is 0 Å². The zero-order valence-electron chi connectivity index (χ0n) is 14.1. The molecule has 1 aromatic heterocycles. The number of nitrogens with zero attached hydrogens (tertiary/aromatic N) is 2. The molecule has 0 unspecified atom stereocenters. The summed E-state index contributed by atoms with van der Waals surface area (Å²) in [7, 11) is 0. The molecule has 0 saturated carbocycles. The Balaban J connectivity index is 1.94. The monoisotopic (exact) mass is 352 g/mol. The average Bonchev–Trinajstić information content (AvgIpc) is 2.62. The van der Waals surface area contributed by atoms with Crippen molar-refractivity contribution in [1.82, 2.24) is 9.97 Å². The van der Waals surface area contributed by atoms with Crippen LogP contribution in [0.4, 0.5) is 21.7 Å². The first kappa shape index (κ1) is 17.3. The van der Waals surface area contributed by atoms with Gasteiger partial charge in [-0.2, -0.15) is 0 Å². The Morgan fingerprint density at radius 3 is 2.62 bits per heavy atom. The standard InChI is InChI=1S/C19H17FN4O2/c1-2-26-19(25)14-5-3-4-6-15(14)22-17-11-16(21)23-18(24-17)12-7-9-13(20)10-8-12/h3-11H,2H2,1H3,(H3,21,22,23,24). The second-order valence-corrected chi connectivity index (χ2v) is 5.40. The maximum atomic E-state index is 13.1. The number of halogens is 1. The number of aromatic nitrogens is 2. The molecule has 0 spiro atoms. The predicted octanol–water partition coefficient (Wildman–Crippen LogP) is 3.79. The quantitative estimate of drug-likeness (QED) is 0.679. The maximum absolute atomic E-state index is 13.1. The largest absolute Gasteiger partial charge is 0.462 e. The fourth-order valence-electron chi connectivity index (χ4n) is 2.38. The van der Waals surface area contributed by atoms with Crippen LogP contribution in [0.5, 0.6) is 0 Å². The van der Waals surface area contributed by atoms with Gasteiger partial charge in [-0.15, -0.1) is 0 Å². The highest BCUT2D eigenvalue weighted by molar-refractivity contribution is 5.96. The van der Waals surface area contributed by atoms with Crippen molar-refractivity contribution < 1.29 is 13.9 Å². The van der Waals surface area contributed by atoms with Crippen molar-refractivity contribution in [3.05, 3.63) is 66.0 Å². The van der Waals surface area contributed by atoms with Gasteiger partial charge in [0.15, 0.2) is 5.82 Å². The Labute approximate surface area is 149 Å². The molecule has 0 aliphatic heterocycles. The van der Waals surface area contributed by atoms with Crippen LogP contribution in [0.3, 0.4) is 0 Å². The van der Waals surface area contributed by atoms with Crippen LogP contribution in [-0.4, -0.2) is 22.5 Å². The van der Waals surface area contributed by atoms with E-state index in [-0.39, 0.29) is 18.2 Å². The summed E-state index contributed by atoms with van der Waals surface area (Å²) in [5, 5.41) is 3.07. The summed E-state index contributed by atoms with van der Waals surface area (Å²) in [6, 6.07) is 14.3. The van der Waals surface area contributed by atoms with Gasteiger partial charge in [0.1, 0.15) is 17.5 Å². The Bertz CT molecular complexity index is 929. The van der Waals surface area contributed by atoms with Crippen molar-refractivity contribution >= 4 is 23.3 Å². The second kappa shape index (κ2) is 7.60. The molecule has 3 rings (SSSR count). The van der Waals surface area contributed by atoms with Crippen LogP contribution in [-0.2, 0) is 4.74 Å². The molecule has 2 aromatic carbocycles. The van der Waals surface area contributed by atoms with E-state index < -0.39 is 5.97 Å². The molecule has 0 aliphatic rings. The molecule has 0 bridgehead atoms. The molecule has 0 atom stereocenters. The highest BCUT2D eigenvalue weighted by atomic mass is 19.1. The van der Waals surface area contributed by atoms with E-state index in [1.54, 1.807) is 49.4 Å². The lowest BCUT2D eigenvalue weighted by Crippen LogP contribution is -2.09. The third kappa shape index (κ3) is 3.94. The summed E-state index contributed by atoms with van der Waals surface area (Å²) in [5.41, 5.74) is 7.41. The van der Waals surface area contributed by atoms with E-state index in [0.29, 0.717) is 28.5 Å². The van der Waals surface area contributed by atoms with Gasteiger partial charge >= 0.3 is 5.97 Å². The first-order valence-corrected chi connectivity index (χ1v) is 8.00. The van der Waals surface area contributed by atoms with Crippen LogP contribution >= 0.6 is 0 Å². The van der Waals surface area contributed by atoms with E-state index >= 15 is 0 Å². The van der Waals surface area contributed by atoms with Gasteiger partial charge in [-0.3, -0.25) is 0 Å². The van der Waals surface area contributed by atoms with Crippen LogP contribution in [0.25, 0.3) is 11.4 Å². The van der Waals surface area contributed by atoms with Gasteiger partial charge in [-0.05, 0) is 43.3 Å². The third-order valence-corrected chi connectivity index (χ3v) is 3.53. The van der Waals surface area contributed by atoms with Crippen molar-refractivity contribution in [2.75, 3.05) is 17.7 Å². The Kier molecular flexibility index (Phi) is 5.07. The number of nitrogen functional groups attached to an aromatic ring is 1. The fraction of sp³-hybridized carbons (Fsp3) is 0.105. The van der Waals surface area contributed by atoms with Gasteiger partial charge in [-0.25, -0.2) is 19.2 Å². The van der Waals surface area contributed by atoms with Crippen LogP contribution in [0.1, 0.15) is 17.3 Å². The van der Waals surface area contributed by atoms with Crippen LogP contribution < -0.4 is 11.1 Å². The number of carbonyl (C=O) groups excluding carboxylic acids is 1. The number of benzene rings is 2. The Morgan fingerprint density at radius 2 is 1.88 bits per heavy atom. The number of ether oxygens (including phenoxy) is 1. The molecule has 0 fully saturated rings. The number of nitrogens with one attached hydrogen (secondary N) is 1. The summed E-state index contributed by atoms with van der Waals surface area (Å²) < 4.78 is 18.2. The van der Waals surface area contributed by atoms with Crippen molar-refractivity contribution in [2.24, 2.45) is 0 Å². The Hall–Kier alpha value is -3.48. The minimum atomic E-state index is -0.434. The molecule has 3 aromatic rings. The van der Waals surface area contributed by atoms with Gasteiger partial charge in [0, 0.05) is 11.6 Å². The maximum Gasteiger partial charge on any atom is 0.340 e. The lowest BCUT2D eigenvalue weighted by Gasteiger charge is -2.12. The topological polar surface area (TPSA) is 90.1 Å². The van der Waals surface area contributed by atoms with Gasteiger partial charge in [-0.1, -0.05) is 12.1 Å². The van der Waals surface area contributed by atoms with Gasteiger partial charge < -0.3 is 15.8 Å². The molecular formula is C19H17FN4O2. The number of hydrogen-bond acceptors (Lipinski definition) is 6. The lowest BCUT2D eigenvalue weighted by atomic mass is 10.1. The van der Waals surface area contributed by atoms with Crippen molar-refractivity contribution in [3.8, 4) is 11.4 Å². The number of para-hydroxylation sites is 1. The summed E-state index contributed by atoms with van der Waals surface area (Å²) in [5.74, 6) is 0.223. The van der Waals surface area contributed by atoms with Gasteiger partial charge in [0.05, 0.1) is 17.9 Å². The summed E-state index contributed by atoms with van der Waals surface area (Å²) in [4.78, 5) is 20.7. The summed E-state index contributed by atoms with van der Waals surface area (Å²) >= 11 is 0. The molecule has 0 aliphatic carbocycles. The van der Waals surface area contributed by atoms with Crippen LogP contribution in [0, 0.1) is 5.82 Å². The van der Waals surface area contributed by atoms with E-state index in [4.69, 9.17) is 10.5 Å². The zero-order valence-corrected chi connectivity index (χ0v) is 14.1. The molecule has 132 valence electrons. The molecule has 0 saturated heterocycles. The third-order valence-electron chi connectivity index (χ3n) is 3.53. The van der Waals surface area contributed by atoms with E-state index in [9.17, 15) is 9.18 Å². The summed E-state index contributed by atoms with van der Waals surface area (Å²) in [6.45, 7) is 2.02. The van der Waals surface area contributed by atoms with E-state index in [2.05, 4.69) is 15.3 Å². The molecule has 0 radical (unpaired) electrons. The second-order valence-electron chi connectivity index (χ2n) is 5.40. The first-order valence-electron chi connectivity index (χ1n) is 8.00. The highest BCUT2D eigenvalue weighted by Crippen LogP contribution is 2.24. The molecular weight excluding hydrogens is 335 g/mol.